The van der Waals surface area contributed by atoms with E-state index in [0.717, 1.165) is 0 Å². The number of benzene rings is 1. The van der Waals surface area contributed by atoms with E-state index in [1.54, 1.807) is 0 Å². The van der Waals surface area contributed by atoms with Crippen molar-refractivity contribution in [2.75, 3.05) is 0 Å². The molecule has 0 aliphatic heterocycles. The Morgan fingerprint density at radius 1 is 1.53 bits per heavy atom. The van der Waals surface area contributed by atoms with E-state index in [-0.39, 0.29) is 17.7 Å². The number of halogens is 3. The van der Waals surface area contributed by atoms with Gasteiger partial charge >= 0.3 is 12.6 Å². The van der Waals surface area contributed by atoms with Crippen molar-refractivity contribution in [1.29, 1.82) is 0 Å². The first kappa shape index (κ1) is 13.9. The predicted molar refractivity (Wildman–Crippen MR) is 60.0 cm³/mol. The second-order valence-electron chi connectivity index (χ2n) is 3.27. The molecule has 0 amide bonds. The molecule has 0 spiro atoms. The van der Waals surface area contributed by atoms with Gasteiger partial charge in [-0.05, 0) is 18.2 Å². The number of carbonyl (C=O) groups is 1. The maximum atomic E-state index is 12.1. The maximum absolute atomic E-state index is 12.1. The smallest absolute Gasteiger partial charge is 0.387 e. The Morgan fingerprint density at radius 2 is 2.18 bits per heavy atom. The van der Waals surface area contributed by atoms with Gasteiger partial charge in [0.1, 0.15) is 5.75 Å². The van der Waals surface area contributed by atoms with Crippen molar-refractivity contribution in [3.05, 3.63) is 28.2 Å². The third-order valence-corrected chi connectivity index (χ3v) is 2.48. The first-order valence-electron chi connectivity index (χ1n) is 4.61. The van der Waals surface area contributed by atoms with Crippen LogP contribution in [0.1, 0.15) is 18.0 Å². The number of nitrogens with two attached hydrogens (primary N) is 1. The Balaban J connectivity index is 3.01. The second kappa shape index (κ2) is 5.92. The minimum atomic E-state index is -2.98. The molecular weight excluding hydrogens is 300 g/mol. The molecule has 0 aliphatic carbocycles. The largest absolute Gasteiger partial charge is 0.481 e. The number of aliphatic carboxylic acids is 1. The van der Waals surface area contributed by atoms with Gasteiger partial charge in [0.05, 0.1) is 6.42 Å². The molecule has 4 nitrogen and oxygen atoms in total. The van der Waals surface area contributed by atoms with Crippen LogP contribution in [0.25, 0.3) is 0 Å². The number of alkyl halides is 2. The quantitative estimate of drug-likeness (QED) is 0.876. The molecule has 1 rings (SSSR count). The number of carboxylic acid groups (broad SMARTS) is 1. The topological polar surface area (TPSA) is 72.6 Å². The second-order valence-corrected chi connectivity index (χ2v) is 4.18. The van der Waals surface area contributed by atoms with Crippen LogP contribution in [0.2, 0.25) is 0 Å². The maximum Gasteiger partial charge on any atom is 0.387 e. The molecule has 0 fully saturated rings. The van der Waals surface area contributed by atoms with Crippen LogP contribution in [-0.2, 0) is 4.79 Å². The molecule has 0 aromatic heterocycles. The van der Waals surface area contributed by atoms with Crippen molar-refractivity contribution in [3.8, 4) is 5.75 Å². The minimum Gasteiger partial charge on any atom is -0.481 e. The summed E-state index contributed by atoms with van der Waals surface area (Å²) >= 11 is 3.15. The Bertz CT molecular complexity index is 415. The molecule has 1 aromatic rings. The molecule has 1 atom stereocenters. The highest BCUT2D eigenvalue weighted by molar-refractivity contribution is 9.10. The van der Waals surface area contributed by atoms with Gasteiger partial charge in [0, 0.05) is 16.1 Å². The van der Waals surface area contributed by atoms with Crippen LogP contribution in [0.15, 0.2) is 22.7 Å². The van der Waals surface area contributed by atoms with Crippen LogP contribution >= 0.6 is 15.9 Å². The number of ether oxygens (including phenoxy) is 1. The van der Waals surface area contributed by atoms with Gasteiger partial charge in [0.15, 0.2) is 0 Å². The SMILES string of the molecule is N[C@H](CC(=O)O)c1cc(Br)ccc1OC(F)F. The molecule has 0 unspecified atom stereocenters. The van der Waals surface area contributed by atoms with Gasteiger partial charge in [-0.15, -0.1) is 0 Å². The Hall–Kier alpha value is -1.21. The summed E-state index contributed by atoms with van der Waals surface area (Å²) in [6.45, 7) is -2.98. The van der Waals surface area contributed by atoms with E-state index in [1.165, 1.54) is 18.2 Å². The molecule has 3 N–H and O–H groups in total. The van der Waals surface area contributed by atoms with Crippen molar-refractivity contribution in [2.24, 2.45) is 5.73 Å². The third-order valence-electron chi connectivity index (χ3n) is 1.98. The summed E-state index contributed by atoms with van der Waals surface area (Å²) in [6, 6.07) is 3.38. The number of carboxylic acids is 1. The van der Waals surface area contributed by atoms with Crippen molar-refractivity contribution in [2.45, 2.75) is 19.1 Å². The molecule has 0 heterocycles. The Kier molecular flexibility index (Phi) is 4.83. The number of hydrogen-bond acceptors (Lipinski definition) is 3. The zero-order valence-electron chi connectivity index (χ0n) is 8.57. The summed E-state index contributed by atoms with van der Waals surface area (Å²) in [5, 5.41) is 8.61. The van der Waals surface area contributed by atoms with Crippen molar-refractivity contribution >= 4 is 21.9 Å². The highest BCUT2D eigenvalue weighted by Crippen LogP contribution is 2.30. The lowest BCUT2D eigenvalue weighted by molar-refractivity contribution is -0.137. The lowest BCUT2D eigenvalue weighted by Gasteiger charge is -2.15. The van der Waals surface area contributed by atoms with Crippen LogP contribution in [-0.4, -0.2) is 17.7 Å². The van der Waals surface area contributed by atoms with Gasteiger partial charge in [-0.3, -0.25) is 4.79 Å². The fraction of sp³-hybridized carbons (Fsp3) is 0.300. The number of rotatable bonds is 5. The van der Waals surface area contributed by atoms with E-state index in [4.69, 9.17) is 10.8 Å². The zero-order chi connectivity index (χ0) is 13.0. The van der Waals surface area contributed by atoms with E-state index in [9.17, 15) is 13.6 Å². The summed E-state index contributed by atoms with van der Waals surface area (Å²) < 4.78 is 29.2. The fourth-order valence-corrected chi connectivity index (χ4v) is 1.69. The van der Waals surface area contributed by atoms with Crippen molar-refractivity contribution in [3.63, 3.8) is 0 Å². The summed E-state index contributed by atoms with van der Waals surface area (Å²) in [5.74, 6) is -1.22. The monoisotopic (exact) mass is 309 g/mol. The van der Waals surface area contributed by atoms with Gasteiger partial charge in [0.25, 0.3) is 0 Å². The third kappa shape index (κ3) is 4.27. The van der Waals surface area contributed by atoms with Gasteiger partial charge in [-0.1, -0.05) is 15.9 Å². The van der Waals surface area contributed by atoms with Gasteiger partial charge in [0.2, 0.25) is 0 Å². The molecule has 0 bridgehead atoms. The van der Waals surface area contributed by atoms with E-state index in [0.29, 0.717) is 4.47 Å². The molecule has 17 heavy (non-hydrogen) atoms. The summed E-state index contributed by atoms with van der Waals surface area (Å²) in [4.78, 5) is 10.5. The van der Waals surface area contributed by atoms with E-state index in [2.05, 4.69) is 20.7 Å². The highest BCUT2D eigenvalue weighted by atomic mass is 79.9. The van der Waals surface area contributed by atoms with Crippen LogP contribution in [0.4, 0.5) is 8.78 Å². The molecule has 1 aromatic carbocycles. The van der Waals surface area contributed by atoms with E-state index >= 15 is 0 Å². The fourth-order valence-electron chi connectivity index (χ4n) is 1.31. The Labute approximate surface area is 104 Å². The van der Waals surface area contributed by atoms with Crippen LogP contribution < -0.4 is 10.5 Å². The molecule has 7 heteroatoms. The molecular formula is C10H10BrF2NO3. The summed E-state index contributed by atoms with van der Waals surface area (Å²) in [7, 11) is 0. The molecule has 0 saturated heterocycles. The standard InChI is InChI=1S/C10H10BrF2NO3/c11-5-1-2-8(17-10(12)13)6(3-5)7(14)4-9(15)16/h1-3,7,10H,4,14H2,(H,15,16)/t7-/m1/s1. The summed E-state index contributed by atoms with van der Waals surface area (Å²) in [5.41, 5.74) is 5.84. The van der Waals surface area contributed by atoms with Gasteiger partial charge in [-0.25, -0.2) is 0 Å². The predicted octanol–water partition coefficient (Wildman–Crippen LogP) is 2.53. The lowest BCUT2D eigenvalue weighted by atomic mass is 10.0. The zero-order valence-corrected chi connectivity index (χ0v) is 10.2. The first-order chi connectivity index (χ1) is 7.90. The Morgan fingerprint density at radius 3 is 2.71 bits per heavy atom. The molecule has 0 aliphatic rings. The minimum absolute atomic E-state index is 0.114. The van der Waals surface area contributed by atoms with Gasteiger partial charge < -0.3 is 15.6 Å². The lowest BCUT2D eigenvalue weighted by Crippen LogP contribution is -2.17. The highest BCUT2D eigenvalue weighted by Gasteiger charge is 2.18. The van der Waals surface area contributed by atoms with E-state index < -0.39 is 18.6 Å². The van der Waals surface area contributed by atoms with Crippen LogP contribution in [0.3, 0.4) is 0 Å². The van der Waals surface area contributed by atoms with E-state index in [1.807, 2.05) is 0 Å². The van der Waals surface area contributed by atoms with Crippen molar-refractivity contribution in [1.82, 2.24) is 0 Å². The average molecular weight is 310 g/mol. The normalized spacial score (nSPS) is 12.5. The average Bonchev–Trinajstić information content (AvgIpc) is 2.19. The van der Waals surface area contributed by atoms with Crippen molar-refractivity contribution < 1.29 is 23.4 Å². The molecule has 0 saturated carbocycles. The van der Waals surface area contributed by atoms with Gasteiger partial charge in [-0.2, -0.15) is 8.78 Å². The molecule has 94 valence electrons. The molecule has 0 radical (unpaired) electrons. The number of hydrogen-bond donors (Lipinski definition) is 2. The van der Waals surface area contributed by atoms with Crippen LogP contribution in [0.5, 0.6) is 5.75 Å². The van der Waals surface area contributed by atoms with Crippen LogP contribution in [0, 0.1) is 0 Å². The summed E-state index contributed by atoms with van der Waals surface area (Å²) in [6.07, 6.45) is -0.365. The first-order valence-corrected chi connectivity index (χ1v) is 5.41.